The van der Waals surface area contributed by atoms with Gasteiger partial charge < -0.3 is 15.4 Å². The first-order valence-electron chi connectivity index (χ1n) is 7.30. The Morgan fingerprint density at radius 3 is 2.76 bits per heavy atom. The second-order valence-electron chi connectivity index (χ2n) is 6.92. The van der Waals surface area contributed by atoms with Gasteiger partial charge in [0.25, 0.3) is 0 Å². The van der Waals surface area contributed by atoms with Gasteiger partial charge in [0.2, 0.25) is 0 Å². The van der Waals surface area contributed by atoms with E-state index in [1.165, 1.54) is 6.07 Å². The minimum Gasteiger partial charge on any atom is -0.444 e. The predicted octanol–water partition coefficient (Wildman–Crippen LogP) is 2.79. The summed E-state index contributed by atoms with van der Waals surface area (Å²) in [5.74, 6) is -0.0548. The van der Waals surface area contributed by atoms with Crippen LogP contribution in [0.4, 0.5) is 9.18 Å². The van der Waals surface area contributed by atoms with Gasteiger partial charge >= 0.3 is 6.09 Å². The fraction of sp³-hybridized carbons (Fsp3) is 0.562. The van der Waals surface area contributed by atoms with Crippen LogP contribution in [0.25, 0.3) is 0 Å². The molecule has 2 N–H and O–H groups in total. The van der Waals surface area contributed by atoms with E-state index in [2.05, 4.69) is 0 Å². The molecule has 0 bridgehead atoms. The standard InChI is InChI=1S/C16H21FN2O2/c1-16(2,3)21-15(20)19-7-10-9-5-4-6-12(17)13(9)14(18)11(10)8-19/h4-6,10-11,14H,7-8,18H2,1-3H3/t10-,11-,14-/m0/s1. The third-order valence-corrected chi connectivity index (χ3v) is 4.30. The number of carbonyl (C=O) groups excluding carboxylic acids is 1. The van der Waals surface area contributed by atoms with Gasteiger partial charge in [0.15, 0.2) is 0 Å². The predicted molar refractivity (Wildman–Crippen MR) is 77.4 cm³/mol. The molecule has 0 aromatic heterocycles. The number of nitrogens with two attached hydrogens (primary N) is 1. The van der Waals surface area contributed by atoms with E-state index in [-0.39, 0.29) is 29.8 Å². The number of likely N-dealkylation sites (tertiary alicyclic amines) is 1. The molecule has 1 aromatic rings. The maximum atomic E-state index is 13.9. The van der Waals surface area contributed by atoms with Crippen LogP contribution in [0.3, 0.4) is 0 Å². The zero-order valence-corrected chi connectivity index (χ0v) is 12.6. The molecular formula is C16H21FN2O2. The van der Waals surface area contributed by atoms with Crippen molar-refractivity contribution in [2.75, 3.05) is 13.1 Å². The molecule has 114 valence electrons. The average Bonchev–Trinajstić information content (AvgIpc) is 2.89. The van der Waals surface area contributed by atoms with Gasteiger partial charge in [-0.15, -0.1) is 0 Å². The van der Waals surface area contributed by atoms with Crippen LogP contribution >= 0.6 is 0 Å². The lowest BCUT2D eigenvalue weighted by Crippen LogP contribution is -2.36. The summed E-state index contributed by atoms with van der Waals surface area (Å²) in [6, 6.07) is 4.73. The van der Waals surface area contributed by atoms with Crippen LogP contribution in [0.1, 0.15) is 43.9 Å². The normalized spacial score (nSPS) is 27.5. The lowest BCUT2D eigenvalue weighted by atomic mass is 9.95. The fourth-order valence-corrected chi connectivity index (χ4v) is 3.44. The van der Waals surface area contributed by atoms with Crippen LogP contribution < -0.4 is 5.73 Å². The van der Waals surface area contributed by atoms with Gasteiger partial charge in [-0.2, -0.15) is 0 Å². The maximum Gasteiger partial charge on any atom is 0.410 e. The highest BCUT2D eigenvalue weighted by atomic mass is 19.1. The molecule has 1 aliphatic carbocycles. The Morgan fingerprint density at radius 1 is 1.38 bits per heavy atom. The molecule has 0 saturated carbocycles. The van der Waals surface area contributed by atoms with E-state index in [1.54, 1.807) is 11.0 Å². The lowest BCUT2D eigenvalue weighted by molar-refractivity contribution is 0.0284. The third-order valence-electron chi connectivity index (χ3n) is 4.30. The monoisotopic (exact) mass is 292 g/mol. The van der Waals surface area contributed by atoms with Crippen molar-refractivity contribution in [1.82, 2.24) is 4.90 Å². The van der Waals surface area contributed by atoms with E-state index < -0.39 is 5.60 Å². The van der Waals surface area contributed by atoms with Crippen LogP contribution in [-0.4, -0.2) is 29.7 Å². The molecule has 1 fully saturated rings. The summed E-state index contributed by atoms with van der Waals surface area (Å²) < 4.78 is 19.3. The Balaban J connectivity index is 1.81. The molecule has 21 heavy (non-hydrogen) atoms. The Labute approximate surface area is 124 Å². The number of amides is 1. The molecule has 2 aliphatic rings. The zero-order valence-electron chi connectivity index (χ0n) is 12.6. The summed E-state index contributed by atoms with van der Waals surface area (Å²) in [7, 11) is 0. The number of benzene rings is 1. The van der Waals surface area contributed by atoms with E-state index in [1.807, 2.05) is 26.8 Å². The van der Waals surface area contributed by atoms with E-state index in [9.17, 15) is 9.18 Å². The number of hydrogen-bond acceptors (Lipinski definition) is 3. The van der Waals surface area contributed by atoms with Gasteiger partial charge in [0.05, 0.1) is 0 Å². The van der Waals surface area contributed by atoms with Crippen molar-refractivity contribution >= 4 is 6.09 Å². The topological polar surface area (TPSA) is 55.6 Å². The van der Waals surface area contributed by atoms with Crippen LogP contribution in [0.5, 0.6) is 0 Å². The molecule has 0 radical (unpaired) electrons. The number of carbonyl (C=O) groups is 1. The highest BCUT2D eigenvalue weighted by Gasteiger charge is 2.47. The van der Waals surface area contributed by atoms with Crippen molar-refractivity contribution < 1.29 is 13.9 Å². The number of fused-ring (bicyclic) bond motifs is 3. The largest absolute Gasteiger partial charge is 0.444 e. The number of ether oxygens (including phenoxy) is 1. The van der Waals surface area contributed by atoms with E-state index in [0.29, 0.717) is 18.7 Å². The van der Waals surface area contributed by atoms with Gasteiger partial charge in [-0.3, -0.25) is 0 Å². The SMILES string of the molecule is CC(C)(C)OC(=O)N1C[C@@H]2[C@H](N)c3c(F)cccc3[C@@H]2C1. The van der Waals surface area contributed by atoms with E-state index >= 15 is 0 Å². The zero-order chi connectivity index (χ0) is 15.4. The second kappa shape index (κ2) is 4.70. The van der Waals surface area contributed by atoms with Crippen molar-refractivity contribution in [3.05, 3.63) is 35.1 Å². The van der Waals surface area contributed by atoms with E-state index in [0.717, 1.165) is 5.56 Å². The third kappa shape index (κ3) is 2.39. The van der Waals surface area contributed by atoms with Gasteiger partial charge in [0.1, 0.15) is 11.4 Å². The summed E-state index contributed by atoms with van der Waals surface area (Å²) in [6.07, 6.45) is -0.318. The minimum absolute atomic E-state index is 0.0735. The van der Waals surface area contributed by atoms with Crippen molar-refractivity contribution in [2.24, 2.45) is 11.7 Å². The maximum absolute atomic E-state index is 13.9. The average molecular weight is 292 g/mol. The number of nitrogens with zero attached hydrogens (tertiary/aromatic N) is 1. The van der Waals surface area contributed by atoms with Crippen LogP contribution in [0, 0.1) is 11.7 Å². The highest BCUT2D eigenvalue weighted by Crippen LogP contribution is 2.49. The second-order valence-corrected chi connectivity index (χ2v) is 6.92. The molecule has 1 heterocycles. The molecule has 1 saturated heterocycles. The first-order chi connectivity index (χ1) is 9.78. The van der Waals surface area contributed by atoms with Crippen LogP contribution in [-0.2, 0) is 4.74 Å². The molecule has 0 unspecified atom stereocenters. The quantitative estimate of drug-likeness (QED) is 0.800. The molecule has 3 atom stereocenters. The number of halogens is 1. The van der Waals surface area contributed by atoms with Crippen molar-refractivity contribution in [2.45, 2.75) is 38.3 Å². The van der Waals surface area contributed by atoms with Crippen molar-refractivity contribution in [1.29, 1.82) is 0 Å². The molecule has 4 nitrogen and oxygen atoms in total. The Kier molecular flexibility index (Phi) is 3.20. The minimum atomic E-state index is -0.513. The molecule has 1 aromatic carbocycles. The Bertz CT molecular complexity index is 582. The fourth-order valence-electron chi connectivity index (χ4n) is 3.44. The number of hydrogen-bond donors (Lipinski definition) is 1. The summed E-state index contributed by atoms with van der Waals surface area (Å²) in [4.78, 5) is 13.9. The van der Waals surface area contributed by atoms with Crippen LogP contribution in [0.15, 0.2) is 18.2 Å². The summed E-state index contributed by atoms with van der Waals surface area (Å²) >= 11 is 0. The van der Waals surface area contributed by atoms with E-state index in [4.69, 9.17) is 10.5 Å². The Morgan fingerprint density at radius 2 is 2.10 bits per heavy atom. The van der Waals surface area contributed by atoms with Gasteiger partial charge in [-0.05, 0) is 32.4 Å². The first kappa shape index (κ1) is 14.3. The van der Waals surface area contributed by atoms with Gasteiger partial charge in [0, 0.05) is 36.5 Å². The summed E-state index contributed by atoms with van der Waals surface area (Å²) in [6.45, 7) is 6.60. The lowest BCUT2D eigenvalue weighted by Gasteiger charge is -2.25. The Hall–Kier alpha value is -1.62. The summed E-state index contributed by atoms with van der Waals surface area (Å²) in [5.41, 5.74) is 7.25. The van der Waals surface area contributed by atoms with Gasteiger partial charge in [-0.1, -0.05) is 12.1 Å². The van der Waals surface area contributed by atoms with Crippen LogP contribution in [0.2, 0.25) is 0 Å². The molecule has 1 amide bonds. The summed E-state index contributed by atoms with van der Waals surface area (Å²) in [5, 5.41) is 0. The highest BCUT2D eigenvalue weighted by molar-refractivity contribution is 5.69. The van der Waals surface area contributed by atoms with Crippen molar-refractivity contribution in [3.8, 4) is 0 Å². The van der Waals surface area contributed by atoms with Crippen molar-refractivity contribution in [3.63, 3.8) is 0 Å². The van der Waals surface area contributed by atoms with Gasteiger partial charge in [-0.25, -0.2) is 9.18 Å². The smallest absolute Gasteiger partial charge is 0.410 e. The first-order valence-corrected chi connectivity index (χ1v) is 7.30. The molecular weight excluding hydrogens is 271 g/mol. The molecule has 3 rings (SSSR count). The molecule has 1 aliphatic heterocycles. The molecule has 5 heteroatoms. The number of rotatable bonds is 0. The molecule has 0 spiro atoms.